The number of carbonyl (C=O) groups is 1. The molecule has 0 aliphatic rings. The van der Waals surface area contributed by atoms with Crippen LogP contribution in [-0.2, 0) is 16.3 Å². The molecule has 0 saturated carbocycles. The molecule has 0 saturated heterocycles. The van der Waals surface area contributed by atoms with Gasteiger partial charge in [-0.25, -0.2) is 4.98 Å². The minimum atomic E-state index is -0.737. The Bertz CT molecular complexity index is 690. The Kier molecular flexibility index (Phi) is 4.62. The van der Waals surface area contributed by atoms with Crippen LogP contribution >= 0.6 is 0 Å². The lowest BCUT2D eigenvalue weighted by atomic mass is 10.4. The number of aromatic nitrogens is 4. The average Bonchev–Trinajstić information content (AvgIpc) is 2.83. The van der Waals surface area contributed by atoms with Gasteiger partial charge in [0.05, 0.1) is 19.5 Å². The van der Waals surface area contributed by atoms with Crippen molar-refractivity contribution in [2.75, 3.05) is 18.5 Å². The fourth-order valence-corrected chi connectivity index (χ4v) is 1.62. The van der Waals surface area contributed by atoms with Gasteiger partial charge in [-0.2, -0.15) is 4.98 Å². The fraction of sp³-hybridized carbons (Fsp3) is 0.455. The maximum absolute atomic E-state index is 11.8. The lowest BCUT2D eigenvalue weighted by Gasteiger charge is -2.13. The van der Waals surface area contributed by atoms with Crippen molar-refractivity contribution in [2.45, 2.75) is 19.8 Å². The maximum atomic E-state index is 11.8. The molecule has 0 unspecified atom stereocenters. The Morgan fingerprint density at radius 1 is 1.52 bits per heavy atom. The molecule has 0 fully saturated rings. The average molecular weight is 297 g/mol. The highest BCUT2D eigenvalue weighted by Gasteiger charge is 2.12. The van der Waals surface area contributed by atoms with E-state index in [9.17, 15) is 9.59 Å². The van der Waals surface area contributed by atoms with Gasteiger partial charge in [-0.15, -0.1) is 0 Å². The van der Waals surface area contributed by atoms with Crippen LogP contribution in [0.5, 0.6) is 0 Å². The van der Waals surface area contributed by atoms with Crippen LogP contribution in [0.25, 0.3) is 11.2 Å². The number of nitrogens with one attached hydrogen (secondary N) is 2. The van der Waals surface area contributed by atoms with E-state index in [2.05, 4.69) is 20.3 Å². The molecule has 1 amide bonds. The van der Waals surface area contributed by atoms with Crippen molar-refractivity contribution < 1.29 is 19.7 Å². The minimum absolute atomic E-state index is 0.00242. The van der Waals surface area contributed by atoms with Gasteiger partial charge in [0, 0.05) is 6.92 Å². The van der Waals surface area contributed by atoms with Crippen molar-refractivity contribution in [1.82, 2.24) is 19.5 Å². The van der Waals surface area contributed by atoms with E-state index in [1.165, 1.54) is 17.8 Å². The van der Waals surface area contributed by atoms with Crippen LogP contribution in [0.2, 0.25) is 0 Å². The monoisotopic (exact) mass is 297 g/mol. The first-order valence-corrected chi connectivity index (χ1v) is 6.11. The van der Waals surface area contributed by atoms with E-state index in [0.717, 1.165) is 0 Å². The van der Waals surface area contributed by atoms with Crippen LogP contribution in [-0.4, -0.2) is 55.0 Å². The second-order valence-electron chi connectivity index (χ2n) is 4.27. The minimum Gasteiger partial charge on any atom is -0.394 e. The maximum Gasteiger partial charge on any atom is 0.280 e. The summed E-state index contributed by atoms with van der Waals surface area (Å²) < 4.78 is 6.66. The Morgan fingerprint density at radius 2 is 2.24 bits per heavy atom. The molecule has 2 rings (SSSR count). The highest BCUT2D eigenvalue weighted by molar-refractivity contribution is 5.87. The second-order valence-corrected chi connectivity index (χ2v) is 4.27. The molecule has 10 heteroatoms. The smallest absolute Gasteiger partial charge is 0.280 e. The van der Waals surface area contributed by atoms with Crippen molar-refractivity contribution in [3.63, 3.8) is 0 Å². The molecule has 2 aromatic heterocycles. The zero-order valence-electron chi connectivity index (χ0n) is 11.2. The Balaban J connectivity index is 2.30. The third-order valence-electron chi connectivity index (χ3n) is 2.63. The summed E-state index contributed by atoms with van der Waals surface area (Å²) in [5, 5.41) is 20.2. The third kappa shape index (κ3) is 3.42. The van der Waals surface area contributed by atoms with Gasteiger partial charge in [0.1, 0.15) is 12.8 Å². The number of aliphatic hydroxyl groups excluding tert-OH is 2. The number of aliphatic hydroxyl groups is 2. The molecule has 0 radical (unpaired) electrons. The van der Waals surface area contributed by atoms with Crippen LogP contribution < -0.4 is 10.9 Å². The van der Waals surface area contributed by atoms with Crippen molar-refractivity contribution in [1.29, 1.82) is 0 Å². The van der Waals surface area contributed by atoms with Crippen LogP contribution in [0.1, 0.15) is 6.92 Å². The number of nitrogens with zero attached hydrogens (tertiary/aromatic N) is 3. The number of ether oxygens (including phenoxy) is 1. The zero-order chi connectivity index (χ0) is 15.4. The first-order chi connectivity index (χ1) is 10.0. The van der Waals surface area contributed by atoms with Crippen molar-refractivity contribution in [3.05, 3.63) is 16.7 Å². The number of rotatable bonds is 6. The molecule has 0 aliphatic carbocycles. The summed E-state index contributed by atoms with van der Waals surface area (Å²) in [7, 11) is 0. The molecule has 4 N–H and O–H groups in total. The number of imidazole rings is 1. The van der Waals surface area contributed by atoms with Crippen molar-refractivity contribution in [3.8, 4) is 0 Å². The van der Waals surface area contributed by atoms with Gasteiger partial charge in [-0.1, -0.05) is 0 Å². The Hall–Kier alpha value is -2.30. The molecular weight excluding hydrogens is 282 g/mol. The standard InChI is InChI=1S/C11H15N5O5/c1-6(19)13-11-14-9-8(10(20)15-11)12-4-16(9)5-21-7(2-17)3-18/h4,7,17-18H,2-3,5H2,1H3,(H2,13,14,15,19,20). The predicted octanol–water partition coefficient (Wildman–Crippen LogP) is -1.59. The van der Waals surface area contributed by atoms with E-state index in [1.807, 2.05) is 0 Å². The van der Waals surface area contributed by atoms with Gasteiger partial charge < -0.3 is 14.9 Å². The number of H-pyrrole nitrogens is 1. The van der Waals surface area contributed by atoms with E-state index >= 15 is 0 Å². The topological polar surface area (TPSA) is 142 Å². The van der Waals surface area contributed by atoms with Crippen LogP contribution in [0.15, 0.2) is 11.1 Å². The van der Waals surface area contributed by atoms with Gasteiger partial charge >= 0.3 is 0 Å². The third-order valence-corrected chi connectivity index (χ3v) is 2.63. The summed E-state index contributed by atoms with van der Waals surface area (Å²) in [6.45, 7) is 0.554. The summed E-state index contributed by atoms with van der Waals surface area (Å²) in [6.07, 6.45) is 0.607. The fourth-order valence-electron chi connectivity index (χ4n) is 1.62. The summed E-state index contributed by atoms with van der Waals surface area (Å²) >= 11 is 0. The molecule has 0 aliphatic heterocycles. The largest absolute Gasteiger partial charge is 0.394 e. The van der Waals surface area contributed by atoms with E-state index in [0.29, 0.717) is 0 Å². The number of aromatic amines is 1. The molecule has 0 spiro atoms. The Morgan fingerprint density at radius 3 is 2.86 bits per heavy atom. The number of carbonyl (C=O) groups excluding carboxylic acids is 1. The highest BCUT2D eigenvalue weighted by Crippen LogP contribution is 2.08. The normalized spacial score (nSPS) is 11.2. The van der Waals surface area contributed by atoms with Crippen LogP contribution in [0, 0.1) is 0 Å². The van der Waals surface area contributed by atoms with E-state index < -0.39 is 11.7 Å². The number of fused-ring (bicyclic) bond motifs is 1. The molecule has 0 bridgehead atoms. The summed E-state index contributed by atoms with van der Waals surface area (Å²) in [4.78, 5) is 33.2. The molecule has 10 nitrogen and oxygen atoms in total. The number of anilines is 1. The van der Waals surface area contributed by atoms with E-state index in [4.69, 9.17) is 14.9 Å². The SMILES string of the molecule is CC(=O)Nc1nc2c(ncn2COC(CO)CO)c(=O)[nH]1. The predicted molar refractivity (Wildman–Crippen MR) is 71.5 cm³/mol. The quantitative estimate of drug-likeness (QED) is 0.503. The van der Waals surface area contributed by atoms with Gasteiger partial charge in [-0.05, 0) is 0 Å². The summed E-state index contributed by atoms with van der Waals surface area (Å²) in [5.74, 6) is -0.372. The van der Waals surface area contributed by atoms with Crippen molar-refractivity contribution >= 4 is 23.0 Å². The molecule has 0 atom stereocenters. The van der Waals surface area contributed by atoms with E-state index in [-0.39, 0.29) is 43.0 Å². The zero-order valence-corrected chi connectivity index (χ0v) is 11.2. The summed E-state index contributed by atoms with van der Waals surface area (Å²) in [6, 6.07) is 0. The first kappa shape index (κ1) is 15.1. The van der Waals surface area contributed by atoms with E-state index in [1.54, 1.807) is 0 Å². The van der Waals surface area contributed by atoms with Gasteiger partial charge in [0.2, 0.25) is 11.9 Å². The second kappa shape index (κ2) is 6.43. The molecule has 114 valence electrons. The van der Waals surface area contributed by atoms with Gasteiger partial charge in [0.25, 0.3) is 5.56 Å². The lowest BCUT2D eigenvalue weighted by Crippen LogP contribution is -2.23. The van der Waals surface area contributed by atoms with Crippen LogP contribution in [0.4, 0.5) is 5.95 Å². The molecule has 2 heterocycles. The molecule has 21 heavy (non-hydrogen) atoms. The van der Waals surface area contributed by atoms with Gasteiger partial charge in [-0.3, -0.25) is 24.5 Å². The molecular formula is C11H15N5O5. The highest BCUT2D eigenvalue weighted by atomic mass is 16.5. The van der Waals surface area contributed by atoms with Crippen LogP contribution in [0.3, 0.4) is 0 Å². The molecule has 0 aromatic carbocycles. The number of hydrogen-bond donors (Lipinski definition) is 4. The number of hydrogen-bond acceptors (Lipinski definition) is 7. The number of amides is 1. The summed E-state index contributed by atoms with van der Waals surface area (Å²) in [5.41, 5.74) is -0.183. The van der Waals surface area contributed by atoms with Crippen molar-refractivity contribution in [2.24, 2.45) is 0 Å². The lowest BCUT2D eigenvalue weighted by molar-refractivity contribution is -0.114. The first-order valence-electron chi connectivity index (χ1n) is 6.11. The van der Waals surface area contributed by atoms with Gasteiger partial charge in [0.15, 0.2) is 11.2 Å². The Labute approximate surface area is 118 Å². The molecule has 2 aromatic rings.